The molecule has 0 saturated carbocycles. The van der Waals surface area contributed by atoms with Crippen LogP contribution in [0.5, 0.6) is 0 Å². The summed E-state index contributed by atoms with van der Waals surface area (Å²) in [6, 6.07) is 132. The van der Waals surface area contributed by atoms with Gasteiger partial charge in [0.1, 0.15) is 0 Å². The molecule has 16 aromatic rings. The smallest absolute Gasteiger partial charge is 0.0541 e. The Morgan fingerprint density at radius 2 is 0.438 bits per heavy atom. The first-order chi connectivity index (χ1) is 44.1. The molecule has 1 heterocycles. The Balaban J connectivity index is 0.876. The molecule has 0 aliphatic carbocycles. The molecule has 0 fully saturated rings. The van der Waals surface area contributed by atoms with Gasteiger partial charge in [-0.1, -0.05) is 297 Å². The van der Waals surface area contributed by atoms with E-state index in [1.807, 2.05) is 0 Å². The molecule has 1 nitrogen and oxygen atoms in total. The molecule has 0 unspecified atom stereocenters. The molecular weight excluding hydrogens is 1070 g/mol. The minimum absolute atomic E-state index is 1.11. The normalized spacial score (nSPS) is 11.4. The van der Waals surface area contributed by atoms with Gasteiger partial charge in [-0.2, -0.15) is 0 Å². The van der Waals surface area contributed by atoms with E-state index >= 15 is 0 Å². The molecule has 0 radical (unpaired) electrons. The Bertz CT molecular complexity index is 4970. The Morgan fingerprint density at radius 3 is 0.843 bits per heavy atom. The molecule has 15 aromatic carbocycles. The Labute approximate surface area is 520 Å². The van der Waals surface area contributed by atoms with E-state index in [2.05, 4.69) is 362 Å². The Kier molecular flexibility index (Phi) is 13.7. The summed E-state index contributed by atoms with van der Waals surface area (Å²) in [6.07, 6.45) is 0. The second kappa shape index (κ2) is 23.0. The van der Waals surface area contributed by atoms with Crippen LogP contribution in [0.25, 0.3) is 161 Å². The minimum Gasteiger partial charge on any atom is -0.309 e. The lowest BCUT2D eigenvalue weighted by atomic mass is 9.87. The molecular formula is C88H59N. The maximum atomic E-state index is 2.46. The average molecular weight is 1130 g/mol. The zero-order valence-electron chi connectivity index (χ0n) is 49.0. The van der Waals surface area contributed by atoms with Crippen molar-refractivity contribution in [1.82, 2.24) is 4.57 Å². The van der Waals surface area contributed by atoms with E-state index in [4.69, 9.17) is 0 Å². The van der Waals surface area contributed by atoms with Crippen molar-refractivity contribution in [3.05, 3.63) is 358 Å². The largest absolute Gasteiger partial charge is 0.309 e. The van der Waals surface area contributed by atoms with Gasteiger partial charge in [0.15, 0.2) is 0 Å². The van der Waals surface area contributed by atoms with Crippen LogP contribution in [0.1, 0.15) is 0 Å². The number of nitrogens with zero attached hydrogens (tertiary/aromatic N) is 1. The molecule has 0 aliphatic rings. The van der Waals surface area contributed by atoms with E-state index in [0.29, 0.717) is 0 Å². The van der Waals surface area contributed by atoms with E-state index in [1.54, 1.807) is 0 Å². The lowest BCUT2D eigenvalue weighted by molar-refractivity contribution is 1.18. The number of benzene rings is 15. The molecule has 1 heteroatoms. The first-order valence-electron chi connectivity index (χ1n) is 30.7. The molecule has 0 amide bonds. The van der Waals surface area contributed by atoms with Crippen molar-refractivity contribution in [2.45, 2.75) is 0 Å². The fraction of sp³-hybridized carbons (Fsp3) is 0. The van der Waals surface area contributed by atoms with Crippen LogP contribution in [0.2, 0.25) is 0 Å². The van der Waals surface area contributed by atoms with Gasteiger partial charge < -0.3 is 4.57 Å². The number of hydrogen-bond donors (Lipinski definition) is 0. The first kappa shape index (κ1) is 52.9. The van der Waals surface area contributed by atoms with Crippen molar-refractivity contribution in [3.8, 4) is 128 Å². The van der Waals surface area contributed by atoms with Crippen molar-refractivity contribution >= 4 is 32.6 Å². The highest BCUT2D eigenvalue weighted by molar-refractivity contribution is 6.13. The molecule has 0 N–H and O–H groups in total. The van der Waals surface area contributed by atoms with E-state index < -0.39 is 0 Å². The maximum absolute atomic E-state index is 2.46. The van der Waals surface area contributed by atoms with E-state index in [9.17, 15) is 0 Å². The molecule has 1 aromatic heterocycles. The summed E-state index contributed by atoms with van der Waals surface area (Å²) in [5.74, 6) is 0. The predicted octanol–water partition coefficient (Wildman–Crippen LogP) is 24.3. The van der Waals surface area contributed by atoms with Gasteiger partial charge in [-0.05, 0) is 194 Å². The molecule has 0 atom stereocenters. The topological polar surface area (TPSA) is 4.93 Å². The number of fused-ring (bicyclic) bond motifs is 4. The molecule has 16 rings (SSSR count). The summed E-state index contributed by atoms with van der Waals surface area (Å²) in [5.41, 5.74) is 29.5. The lowest BCUT2D eigenvalue weighted by Gasteiger charge is -2.17. The Hall–Kier alpha value is -11.6. The van der Waals surface area contributed by atoms with Crippen molar-refractivity contribution in [1.29, 1.82) is 0 Å². The van der Waals surface area contributed by atoms with Crippen LogP contribution >= 0.6 is 0 Å². The van der Waals surface area contributed by atoms with E-state index in [-0.39, 0.29) is 0 Å². The molecule has 89 heavy (non-hydrogen) atoms. The fourth-order valence-corrected chi connectivity index (χ4v) is 13.5. The zero-order chi connectivity index (χ0) is 59.0. The van der Waals surface area contributed by atoms with E-state index in [1.165, 1.54) is 133 Å². The maximum Gasteiger partial charge on any atom is 0.0541 e. The van der Waals surface area contributed by atoms with Gasteiger partial charge in [-0.25, -0.2) is 0 Å². The highest BCUT2D eigenvalue weighted by Crippen LogP contribution is 2.46. The van der Waals surface area contributed by atoms with Crippen molar-refractivity contribution < 1.29 is 0 Å². The predicted molar refractivity (Wildman–Crippen MR) is 378 cm³/mol. The SMILES string of the molecule is c1ccc(-c2ccc(-c3ccc(-c4ccc5c(c4)c4cc(-c6ccc(-c7ccc(-c8ccccc8)cc7-c7ccccc7)cc6-c6ccccc6)ccc4n5-c4ccc(-c5cccc6ccccc56)cc4)c(-c4ccccc4)c3)c(-c3ccccc3)c2)cc1. The van der Waals surface area contributed by atoms with Gasteiger partial charge in [0, 0.05) is 16.5 Å². The quantitative estimate of drug-likeness (QED) is 0.115. The van der Waals surface area contributed by atoms with Gasteiger partial charge in [0.05, 0.1) is 11.0 Å². The van der Waals surface area contributed by atoms with Gasteiger partial charge >= 0.3 is 0 Å². The monoisotopic (exact) mass is 1130 g/mol. The van der Waals surface area contributed by atoms with Crippen molar-refractivity contribution in [3.63, 3.8) is 0 Å². The third kappa shape index (κ3) is 10.0. The van der Waals surface area contributed by atoms with Crippen LogP contribution in [0.15, 0.2) is 358 Å². The molecule has 0 aliphatic heterocycles. The number of aromatic nitrogens is 1. The van der Waals surface area contributed by atoms with E-state index in [0.717, 1.165) is 27.8 Å². The molecule has 0 bridgehead atoms. The minimum atomic E-state index is 1.11. The van der Waals surface area contributed by atoms with Crippen LogP contribution in [0.4, 0.5) is 0 Å². The highest BCUT2D eigenvalue weighted by Gasteiger charge is 2.21. The van der Waals surface area contributed by atoms with Crippen LogP contribution in [0, 0.1) is 0 Å². The summed E-state index contributed by atoms with van der Waals surface area (Å²) in [4.78, 5) is 0. The second-order valence-electron chi connectivity index (χ2n) is 23.1. The summed E-state index contributed by atoms with van der Waals surface area (Å²) in [6.45, 7) is 0. The van der Waals surface area contributed by atoms with Crippen LogP contribution < -0.4 is 0 Å². The van der Waals surface area contributed by atoms with Gasteiger partial charge in [0.2, 0.25) is 0 Å². The number of hydrogen-bond acceptors (Lipinski definition) is 0. The lowest BCUT2D eigenvalue weighted by Crippen LogP contribution is -1.94. The molecule has 416 valence electrons. The summed E-state index contributed by atoms with van der Waals surface area (Å²) >= 11 is 0. The third-order valence-electron chi connectivity index (χ3n) is 17.9. The van der Waals surface area contributed by atoms with Gasteiger partial charge in [-0.3, -0.25) is 0 Å². The Morgan fingerprint density at radius 1 is 0.146 bits per heavy atom. The highest BCUT2D eigenvalue weighted by atomic mass is 15.0. The zero-order valence-corrected chi connectivity index (χ0v) is 49.0. The molecule has 0 spiro atoms. The van der Waals surface area contributed by atoms with Gasteiger partial charge in [-0.15, -0.1) is 0 Å². The summed E-state index contributed by atoms with van der Waals surface area (Å²) < 4.78 is 2.46. The fourth-order valence-electron chi connectivity index (χ4n) is 13.5. The van der Waals surface area contributed by atoms with Crippen LogP contribution in [-0.4, -0.2) is 4.57 Å². The standard InChI is InChI=1S/C88H59N/c1-7-22-60(23-8-1)68-40-48-77(81(54-68)63-26-11-3-12-27-63)70-42-50-79(83(56-70)65-30-15-5-16-31-65)72-44-52-87-85(58-72)86-59-73(45-53-88(86)89(87)74-46-38-67(39-47-74)76-37-21-35-62-34-19-20-36-75(62)76)80-51-43-71(57-84(80)66-32-17-6-18-33-66)78-49-41-69(61-24-9-2-10-25-61)55-82(78)64-28-13-4-14-29-64/h1-59H. The second-order valence-corrected chi connectivity index (χ2v) is 23.1. The van der Waals surface area contributed by atoms with Crippen LogP contribution in [0.3, 0.4) is 0 Å². The average Bonchev–Trinajstić information content (AvgIpc) is 1.81. The molecule has 0 saturated heterocycles. The third-order valence-corrected chi connectivity index (χ3v) is 17.9. The van der Waals surface area contributed by atoms with Crippen LogP contribution in [-0.2, 0) is 0 Å². The first-order valence-corrected chi connectivity index (χ1v) is 30.7. The summed E-state index contributed by atoms with van der Waals surface area (Å²) in [7, 11) is 0. The van der Waals surface area contributed by atoms with Crippen molar-refractivity contribution in [2.75, 3.05) is 0 Å². The van der Waals surface area contributed by atoms with Gasteiger partial charge in [0.25, 0.3) is 0 Å². The van der Waals surface area contributed by atoms with Crippen molar-refractivity contribution in [2.24, 2.45) is 0 Å². The summed E-state index contributed by atoms with van der Waals surface area (Å²) in [5, 5.41) is 4.86. The number of rotatable bonds is 12.